The Bertz CT molecular complexity index is 558. The van der Waals surface area contributed by atoms with Gasteiger partial charge < -0.3 is 20.1 Å². The average molecular weight is 274 g/mol. The van der Waals surface area contributed by atoms with Crippen molar-refractivity contribution in [1.82, 2.24) is 10.3 Å². The van der Waals surface area contributed by atoms with Gasteiger partial charge in [0.25, 0.3) is 0 Å². The van der Waals surface area contributed by atoms with E-state index in [-0.39, 0.29) is 12.0 Å². The first kappa shape index (κ1) is 13.6. The maximum Gasteiger partial charge on any atom is 0.0536 e. The zero-order valence-electron chi connectivity index (χ0n) is 11.7. The summed E-state index contributed by atoms with van der Waals surface area (Å²) in [5, 5.41) is 14.1. The number of aliphatic hydroxyl groups excluding tert-OH is 1. The Morgan fingerprint density at radius 2 is 2.30 bits per heavy atom. The summed E-state index contributed by atoms with van der Waals surface area (Å²) in [7, 11) is 0. The molecule has 0 bridgehead atoms. The summed E-state index contributed by atoms with van der Waals surface area (Å²) in [6.45, 7) is 3.55. The smallest absolute Gasteiger partial charge is 0.0536 e. The topological polar surface area (TPSA) is 57.3 Å². The first-order valence-corrected chi connectivity index (χ1v) is 7.27. The zero-order valence-corrected chi connectivity index (χ0v) is 11.7. The summed E-state index contributed by atoms with van der Waals surface area (Å²) in [4.78, 5) is 3.24. The van der Waals surface area contributed by atoms with Crippen molar-refractivity contribution in [2.24, 2.45) is 5.41 Å². The molecule has 0 radical (unpaired) electrons. The van der Waals surface area contributed by atoms with Gasteiger partial charge in [0.1, 0.15) is 0 Å². The first-order chi connectivity index (χ1) is 9.83. The number of aromatic amines is 1. The third-order valence-corrected chi connectivity index (χ3v) is 4.33. The van der Waals surface area contributed by atoms with Crippen LogP contribution in [-0.2, 0) is 11.3 Å². The lowest BCUT2D eigenvalue weighted by Crippen LogP contribution is -2.35. The number of aliphatic hydroxyl groups is 1. The van der Waals surface area contributed by atoms with E-state index in [1.807, 2.05) is 6.20 Å². The standard InChI is InChI=1S/C16H22N2O2/c19-8-5-16(6-9-20-12-16)11-17-10-13-2-1-3-15-14(13)4-7-18-15/h1-4,7,17-19H,5-6,8-12H2. The van der Waals surface area contributed by atoms with Crippen LogP contribution in [0.1, 0.15) is 18.4 Å². The van der Waals surface area contributed by atoms with E-state index in [4.69, 9.17) is 4.74 Å². The SMILES string of the molecule is OCCC1(CNCc2cccc3[nH]ccc23)CCOC1. The van der Waals surface area contributed by atoms with Crippen molar-refractivity contribution < 1.29 is 9.84 Å². The van der Waals surface area contributed by atoms with Crippen LogP contribution in [0.25, 0.3) is 10.9 Å². The van der Waals surface area contributed by atoms with Crippen LogP contribution in [0.2, 0.25) is 0 Å². The average Bonchev–Trinajstić information content (AvgIpc) is 3.09. The van der Waals surface area contributed by atoms with E-state index in [1.54, 1.807) is 0 Å². The van der Waals surface area contributed by atoms with E-state index in [0.717, 1.165) is 39.1 Å². The van der Waals surface area contributed by atoms with Gasteiger partial charge in [-0.15, -0.1) is 0 Å². The Labute approximate surface area is 119 Å². The second-order valence-corrected chi connectivity index (χ2v) is 5.74. The summed E-state index contributed by atoms with van der Waals surface area (Å²) >= 11 is 0. The highest BCUT2D eigenvalue weighted by atomic mass is 16.5. The molecule has 0 saturated carbocycles. The number of aromatic nitrogens is 1. The van der Waals surface area contributed by atoms with Gasteiger partial charge in [-0.1, -0.05) is 12.1 Å². The minimum atomic E-state index is 0.112. The molecule has 3 N–H and O–H groups in total. The van der Waals surface area contributed by atoms with E-state index < -0.39 is 0 Å². The molecule has 1 aliphatic heterocycles. The van der Waals surface area contributed by atoms with E-state index in [2.05, 4.69) is 34.6 Å². The molecule has 20 heavy (non-hydrogen) atoms. The quantitative estimate of drug-likeness (QED) is 0.755. The number of rotatable bonds is 6. The summed E-state index contributed by atoms with van der Waals surface area (Å²) in [5.74, 6) is 0. The molecule has 4 nitrogen and oxygen atoms in total. The molecule has 0 aliphatic carbocycles. The lowest BCUT2D eigenvalue weighted by molar-refractivity contribution is 0.124. The van der Waals surface area contributed by atoms with Crippen LogP contribution < -0.4 is 5.32 Å². The predicted octanol–water partition coefficient (Wildman–Crippen LogP) is 2.05. The van der Waals surface area contributed by atoms with Crippen LogP contribution in [0, 0.1) is 5.41 Å². The molecule has 0 spiro atoms. The van der Waals surface area contributed by atoms with Crippen molar-refractivity contribution >= 4 is 10.9 Å². The normalized spacial score (nSPS) is 22.6. The van der Waals surface area contributed by atoms with Gasteiger partial charge in [0.2, 0.25) is 0 Å². The number of ether oxygens (including phenoxy) is 1. The van der Waals surface area contributed by atoms with Gasteiger partial charge in [-0.05, 0) is 30.5 Å². The molecule has 4 heteroatoms. The minimum absolute atomic E-state index is 0.112. The van der Waals surface area contributed by atoms with Crippen molar-refractivity contribution in [2.75, 3.05) is 26.4 Å². The van der Waals surface area contributed by atoms with Crippen LogP contribution in [0.15, 0.2) is 30.5 Å². The molecule has 1 saturated heterocycles. The van der Waals surface area contributed by atoms with Crippen LogP contribution in [0.4, 0.5) is 0 Å². The third kappa shape index (κ3) is 2.73. The molecule has 3 rings (SSSR count). The fraction of sp³-hybridized carbons (Fsp3) is 0.500. The lowest BCUT2D eigenvalue weighted by Gasteiger charge is -2.27. The van der Waals surface area contributed by atoms with E-state index in [1.165, 1.54) is 16.5 Å². The van der Waals surface area contributed by atoms with Crippen LogP contribution in [0.5, 0.6) is 0 Å². The van der Waals surface area contributed by atoms with Gasteiger partial charge in [-0.2, -0.15) is 0 Å². The molecule has 1 aromatic heterocycles. The Hall–Kier alpha value is -1.36. The van der Waals surface area contributed by atoms with Crippen molar-refractivity contribution in [3.8, 4) is 0 Å². The monoisotopic (exact) mass is 274 g/mol. The maximum absolute atomic E-state index is 9.23. The van der Waals surface area contributed by atoms with E-state index >= 15 is 0 Å². The molecule has 1 atom stereocenters. The van der Waals surface area contributed by atoms with E-state index in [9.17, 15) is 5.11 Å². The number of nitrogens with one attached hydrogen (secondary N) is 2. The minimum Gasteiger partial charge on any atom is -0.396 e. The molecule has 1 unspecified atom stereocenters. The highest BCUT2D eigenvalue weighted by Crippen LogP contribution is 2.31. The number of benzene rings is 1. The molecular formula is C16H22N2O2. The van der Waals surface area contributed by atoms with Gasteiger partial charge in [0, 0.05) is 48.8 Å². The van der Waals surface area contributed by atoms with Gasteiger partial charge >= 0.3 is 0 Å². The molecule has 1 fully saturated rings. The van der Waals surface area contributed by atoms with Crippen molar-refractivity contribution in [3.05, 3.63) is 36.0 Å². The Balaban J connectivity index is 1.63. The molecule has 2 aromatic rings. The van der Waals surface area contributed by atoms with Crippen LogP contribution in [-0.4, -0.2) is 36.5 Å². The number of hydrogen-bond acceptors (Lipinski definition) is 3. The van der Waals surface area contributed by atoms with Gasteiger partial charge in [-0.3, -0.25) is 0 Å². The highest BCUT2D eigenvalue weighted by Gasteiger charge is 2.33. The molecule has 1 aliphatic rings. The second-order valence-electron chi connectivity index (χ2n) is 5.74. The first-order valence-electron chi connectivity index (χ1n) is 7.27. The molecule has 2 heterocycles. The summed E-state index contributed by atoms with van der Waals surface area (Å²) in [6.07, 6.45) is 3.83. The summed E-state index contributed by atoms with van der Waals surface area (Å²) in [5.41, 5.74) is 2.60. The van der Waals surface area contributed by atoms with Gasteiger partial charge in [0.15, 0.2) is 0 Å². The zero-order chi connectivity index (χ0) is 13.8. The number of hydrogen-bond donors (Lipinski definition) is 3. The lowest BCUT2D eigenvalue weighted by atomic mass is 9.84. The molecule has 108 valence electrons. The van der Waals surface area contributed by atoms with Crippen molar-refractivity contribution in [3.63, 3.8) is 0 Å². The van der Waals surface area contributed by atoms with Gasteiger partial charge in [-0.25, -0.2) is 0 Å². The molecular weight excluding hydrogens is 252 g/mol. The predicted molar refractivity (Wildman–Crippen MR) is 79.6 cm³/mol. The number of H-pyrrole nitrogens is 1. The Morgan fingerprint density at radius 1 is 1.35 bits per heavy atom. The fourth-order valence-corrected chi connectivity index (χ4v) is 3.08. The van der Waals surface area contributed by atoms with Crippen molar-refractivity contribution in [1.29, 1.82) is 0 Å². The third-order valence-electron chi connectivity index (χ3n) is 4.33. The molecule has 0 amide bonds. The summed E-state index contributed by atoms with van der Waals surface area (Å²) in [6, 6.07) is 8.45. The van der Waals surface area contributed by atoms with Gasteiger partial charge in [0.05, 0.1) is 6.61 Å². The number of fused-ring (bicyclic) bond motifs is 1. The Kier molecular flexibility index (Phi) is 4.05. The van der Waals surface area contributed by atoms with Crippen LogP contribution >= 0.6 is 0 Å². The highest BCUT2D eigenvalue weighted by molar-refractivity contribution is 5.82. The van der Waals surface area contributed by atoms with Crippen LogP contribution in [0.3, 0.4) is 0 Å². The van der Waals surface area contributed by atoms with E-state index in [0.29, 0.717) is 0 Å². The largest absolute Gasteiger partial charge is 0.396 e. The summed E-state index contributed by atoms with van der Waals surface area (Å²) < 4.78 is 5.52. The Morgan fingerprint density at radius 3 is 3.10 bits per heavy atom. The molecule has 1 aromatic carbocycles. The maximum atomic E-state index is 9.23. The fourth-order valence-electron chi connectivity index (χ4n) is 3.08. The second kappa shape index (κ2) is 5.95. The van der Waals surface area contributed by atoms with Crippen molar-refractivity contribution in [2.45, 2.75) is 19.4 Å².